The molecule has 0 N–H and O–H groups in total. The number of carbonyl (C=O) groups excluding carboxylic acids is 3. The SMILES string of the molecule is COC(=O)C1=CCC[C@@H]([C@H]2C[C@H](c3ccoc3)OC2=O)[C@@]1(C)/C=C/C(C)=O. The number of esters is 2. The van der Waals surface area contributed by atoms with Crippen LogP contribution in [0.4, 0.5) is 0 Å². The minimum Gasteiger partial charge on any atom is -0.472 e. The van der Waals surface area contributed by atoms with Gasteiger partial charge in [0.05, 0.1) is 25.6 Å². The van der Waals surface area contributed by atoms with Crippen molar-refractivity contribution in [3.8, 4) is 0 Å². The normalized spacial score (nSPS) is 30.9. The standard InChI is InChI=1S/C21H24O6/c1-13(22)7-9-21(2)16(5-4-6-17(21)20(24)25-3)15-11-18(27-19(15)23)14-8-10-26-12-14/h6-10,12,15-16,18H,4-5,11H2,1-3H3/b9-7+/t15-,16+,18-,21-/m1/s1. The van der Waals surface area contributed by atoms with Gasteiger partial charge in [-0.2, -0.15) is 0 Å². The summed E-state index contributed by atoms with van der Waals surface area (Å²) < 4.78 is 15.6. The maximum absolute atomic E-state index is 12.7. The Bertz CT molecular complexity index is 788. The van der Waals surface area contributed by atoms with Gasteiger partial charge in [0.2, 0.25) is 0 Å². The van der Waals surface area contributed by atoms with Crippen LogP contribution in [-0.2, 0) is 23.9 Å². The van der Waals surface area contributed by atoms with Gasteiger partial charge in [-0.3, -0.25) is 9.59 Å². The molecular formula is C21H24O6. The Morgan fingerprint density at radius 2 is 2.15 bits per heavy atom. The zero-order chi connectivity index (χ0) is 19.6. The van der Waals surface area contributed by atoms with E-state index in [1.807, 2.05) is 13.0 Å². The van der Waals surface area contributed by atoms with Crippen molar-refractivity contribution in [3.63, 3.8) is 0 Å². The highest BCUT2D eigenvalue weighted by Gasteiger charge is 2.50. The number of methoxy groups -OCH3 is 1. The number of cyclic esters (lactones) is 1. The second-order valence-corrected chi connectivity index (χ2v) is 7.34. The average molecular weight is 372 g/mol. The van der Waals surface area contributed by atoms with Crippen LogP contribution in [0.5, 0.6) is 0 Å². The molecule has 3 rings (SSSR count). The molecule has 1 saturated heterocycles. The largest absolute Gasteiger partial charge is 0.472 e. The summed E-state index contributed by atoms with van der Waals surface area (Å²) in [5.41, 5.74) is 0.524. The van der Waals surface area contributed by atoms with Crippen LogP contribution in [0.25, 0.3) is 0 Å². The zero-order valence-electron chi connectivity index (χ0n) is 15.8. The Balaban J connectivity index is 1.95. The van der Waals surface area contributed by atoms with Crippen LogP contribution in [0, 0.1) is 17.3 Å². The summed E-state index contributed by atoms with van der Waals surface area (Å²) in [4.78, 5) is 36.6. The van der Waals surface area contributed by atoms with Crippen molar-refractivity contribution in [1.82, 2.24) is 0 Å². The topological polar surface area (TPSA) is 82.8 Å². The second kappa shape index (κ2) is 7.55. The number of hydrogen-bond donors (Lipinski definition) is 0. The van der Waals surface area contributed by atoms with E-state index in [4.69, 9.17) is 13.9 Å². The van der Waals surface area contributed by atoms with Crippen molar-refractivity contribution in [2.45, 2.75) is 39.2 Å². The van der Waals surface area contributed by atoms with Crippen LogP contribution in [0.15, 0.2) is 46.8 Å². The summed E-state index contributed by atoms with van der Waals surface area (Å²) in [6.45, 7) is 3.34. The van der Waals surface area contributed by atoms with Gasteiger partial charge in [0.25, 0.3) is 0 Å². The molecule has 6 nitrogen and oxygen atoms in total. The van der Waals surface area contributed by atoms with E-state index in [-0.39, 0.29) is 29.7 Å². The lowest BCUT2D eigenvalue weighted by molar-refractivity contribution is -0.147. The molecule has 0 saturated carbocycles. The van der Waals surface area contributed by atoms with Crippen LogP contribution in [0.2, 0.25) is 0 Å². The van der Waals surface area contributed by atoms with Crippen molar-refractivity contribution in [1.29, 1.82) is 0 Å². The van der Waals surface area contributed by atoms with Crippen LogP contribution in [0.1, 0.15) is 44.8 Å². The van der Waals surface area contributed by atoms with E-state index >= 15 is 0 Å². The maximum atomic E-state index is 12.7. The number of ether oxygens (including phenoxy) is 2. The average Bonchev–Trinajstić information content (AvgIpc) is 3.29. The lowest BCUT2D eigenvalue weighted by Gasteiger charge is -2.41. The molecule has 1 aliphatic heterocycles. The molecule has 1 aliphatic carbocycles. The number of allylic oxidation sites excluding steroid dienone is 3. The highest BCUT2D eigenvalue weighted by Crippen LogP contribution is 2.52. The number of furan rings is 1. The third kappa shape index (κ3) is 3.61. The molecule has 6 heteroatoms. The summed E-state index contributed by atoms with van der Waals surface area (Å²) in [5.74, 6) is -1.38. The first-order valence-corrected chi connectivity index (χ1v) is 9.08. The molecule has 1 aromatic heterocycles. The Morgan fingerprint density at radius 1 is 1.37 bits per heavy atom. The van der Waals surface area contributed by atoms with Gasteiger partial charge in [-0.05, 0) is 37.8 Å². The van der Waals surface area contributed by atoms with E-state index in [0.29, 0.717) is 18.4 Å². The fraction of sp³-hybridized carbons (Fsp3) is 0.476. The molecule has 0 bridgehead atoms. The molecule has 0 unspecified atom stereocenters. The predicted octanol–water partition coefficient (Wildman–Crippen LogP) is 3.54. The molecule has 2 heterocycles. The first-order chi connectivity index (χ1) is 12.9. The Morgan fingerprint density at radius 3 is 2.78 bits per heavy atom. The van der Waals surface area contributed by atoms with Gasteiger partial charge in [0.15, 0.2) is 5.78 Å². The van der Waals surface area contributed by atoms with Gasteiger partial charge >= 0.3 is 11.9 Å². The Hall–Kier alpha value is -2.63. The van der Waals surface area contributed by atoms with Crippen LogP contribution >= 0.6 is 0 Å². The molecule has 4 atom stereocenters. The van der Waals surface area contributed by atoms with Gasteiger partial charge in [0, 0.05) is 23.0 Å². The van der Waals surface area contributed by atoms with Crippen molar-refractivity contribution in [2.75, 3.05) is 7.11 Å². The Labute approximate surface area is 158 Å². The van der Waals surface area contributed by atoms with Crippen molar-refractivity contribution >= 4 is 17.7 Å². The van der Waals surface area contributed by atoms with E-state index < -0.39 is 11.4 Å². The highest BCUT2D eigenvalue weighted by atomic mass is 16.6. The van der Waals surface area contributed by atoms with E-state index in [1.165, 1.54) is 20.1 Å². The first kappa shape index (κ1) is 19.1. The van der Waals surface area contributed by atoms with Crippen LogP contribution < -0.4 is 0 Å². The van der Waals surface area contributed by atoms with Crippen molar-refractivity contribution in [2.24, 2.45) is 17.3 Å². The minimum atomic E-state index is -0.786. The second-order valence-electron chi connectivity index (χ2n) is 7.34. The third-order valence-corrected chi connectivity index (χ3v) is 5.68. The monoisotopic (exact) mass is 372 g/mol. The van der Waals surface area contributed by atoms with Crippen LogP contribution in [-0.4, -0.2) is 24.8 Å². The molecule has 27 heavy (non-hydrogen) atoms. The maximum Gasteiger partial charge on any atom is 0.334 e. The number of carbonyl (C=O) groups is 3. The molecule has 1 fully saturated rings. The quantitative estimate of drug-likeness (QED) is 0.581. The molecule has 2 aliphatic rings. The highest BCUT2D eigenvalue weighted by molar-refractivity contribution is 5.92. The molecule has 0 spiro atoms. The van der Waals surface area contributed by atoms with Gasteiger partial charge < -0.3 is 13.9 Å². The van der Waals surface area contributed by atoms with E-state index in [9.17, 15) is 14.4 Å². The number of hydrogen-bond acceptors (Lipinski definition) is 6. The fourth-order valence-corrected chi connectivity index (χ4v) is 4.26. The smallest absolute Gasteiger partial charge is 0.334 e. The van der Waals surface area contributed by atoms with Gasteiger partial charge in [-0.1, -0.05) is 19.1 Å². The third-order valence-electron chi connectivity index (χ3n) is 5.68. The summed E-state index contributed by atoms with van der Waals surface area (Å²) in [7, 11) is 1.33. The molecule has 144 valence electrons. The zero-order valence-corrected chi connectivity index (χ0v) is 15.8. The summed E-state index contributed by atoms with van der Waals surface area (Å²) in [5, 5.41) is 0. The van der Waals surface area contributed by atoms with Gasteiger partial charge in [-0.25, -0.2) is 4.79 Å². The van der Waals surface area contributed by atoms with Gasteiger partial charge in [0.1, 0.15) is 6.10 Å². The lowest BCUT2D eigenvalue weighted by Crippen LogP contribution is -2.40. The van der Waals surface area contributed by atoms with E-state index in [2.05, 4.69) is 0 Å². The predicted molar refractivity (Wildman–Crippen MR) is 96.4 cm³/mol. The van der Waals surface area contributed by atoms with Gasteiger partial charge in [-0.15, -0.1) is 0 Å². The van der Waals surface area contributed by atoms with Crippen LogP contribution in [0.3, 0.4) is 0 Å². The van der Waals surface area contributed by atoms with Crippen molar-refractivity contribution < 1.29 is 28.3 Å². The summed E-state index contributed by atoms with van der Waals surface area (Å²) in [6, 6.07) is 1.79. The summed E-state index contributed by atoms with van der Waals surface area (Å²) >= 11 is 0. The first-order valence-electron chi connectivity index (χ1n) is 9.08. The fourth-order valence-electron chi connectivity index (χ4n) is 4.26. The lowest BCUT2D eigenvalue weighted by atomic mass is 9.61. The molecule has 0 amide bonds. The Kier molecular flexibility index (Phi) is 5.35. The number of ketones is 1. The minimum absolute atomic E-state index is 0.116. The molecule has 1 aromatic rings. The molecule has 0 aromatic carbocycles. The van der Waals surface area contributed by atoms with Crippen molar-refractivity contribution in [3.05, 3.63) is 48.0 Å². The van der Waals surface area contributed by atoms with E-state index in [1.54, 1.807) is 24.7 Å². The number of rotatable bonds is 5. The molecular weight excluding hydrogens is 348 g/mol. The molecule has 0 radical (unpaired) electrons. The van der Waals surface area contributed by atoms with E-state index in [0.717, 1.165) is 12.0 Å². The summed E-state index contributed by atoms with van der Waals surface area (Å²) in [6.07, 6.45) is 9.72.